The molecule has 0 bridgehead atoms. The fraction of sp³-hybridized carbons (Fsp3) is 0.851. The van der Waals surface area contributed by atoms with Crippen molar-refractivity contribution >= 4 is 17.9 Å². The average molecular weight is 747 g/mol. The molecule has 0 aromatic heterocycles. The number of rotatable bonds is 41. The van der Waals surface area contributed by atoms with Gasteiger partial charge in [-0.3, -0.25) is 14.4 Å². The molecule has 53 heavy (non-hydrogen) atoms. The van der Waals surface area contributed by atoms with Crippen molar-refractivity contribution in [3.05, 3.63) is 24.3 Å². The lowest BCUT2D eigenvalue weighted by Gasteiger charge is -2.18. The number of ether oxygens (including phenoxy) is 3. The summed E-state index contributed by atoms with van der Waals surface area (Å²) >= 11 is 0. The van der Waals surface area contributed by atoms with Crippen LogP contribution in [0.25, 0.3) is 0 Å². The predicted octanol–water partition coefficient (Wildman–Crippen LogP) is 14.4. The molecule has 0 radical (unpaired) electrons. The average Bonchev–Trinajstić information content (AvgIpc) is 3.15. The van der Waals surface area contributed by atoms with Gasteiger partial charge in [0.25, 0.3) is 0 Å². The van der Waals surface area contributed by atoms with E-state index in [4.69, 9.17) is 14.2 Å². The molecule has 6 nitrogen and oxygen atoms in total. The lowest BCUT2D eigenvalue weighted by Crippen LogP contribution is -2.30. The van der Waals surface area contributed by atoms with E-state index in [0.717, 1.165) is 51.4 Å². The number of allylic oxidation sites excluding steroid dienone is 4. The van der Waals surface area contributed by atoms with E-state index < -0.39 is 6.10 Å². The standard InChI is InChI=1S/C47H86O6/c1-4-7-10-13-16-19-20-21-22-23-24-25-26-29-31-34-37-40-46(49)52-43-44(53-47(50)41-38-35-32-28-18-15-12-9-6-3)42-51-45(48)39-36-33-30-27-17-14-11-8-5-2/h27-28,30,32,44H,4-26,29,31,33-43H2,1-3H3/b30-27-,32-28-. The van der Waals surface area contributed by atoms with Gasteiger partial charge in [0.1, 0.15) is 13.2 Å². The van der Waals surface area contributed by atoms with E-state index in [1.807, 2.05) is 0 Å². The van der Waals surface area contributed by atoms with E-state index >= 15 is 0 Å². The van der Waals surface area contributed by atoms with Crippen molar-refractivity contribution in [2.24, 2.45) is 0 Å². The molecule has 310 valence electrons. The molecule has 0 aliphatic heterocycles. The van der Waals surface area contributed by atoms with E-state index in [2.05, 4.69) is 45.1 Å². The Morgan fingerprint density at radius 3 is 1.02 bits per heavy atom. The Bertz CT molecular complexity index is 865. The van der Waals surface area contributed by atoms with Crippen molar-refractivity contribution in [2.75, 3.05) is 13.2 Å². The Labute approximate surface area is 328 Å². The van der Waals surface area contributed by atoms with Gasteiger partial charge in [-0.25, -0.2) is 0 Å². The Kier molecular flexibility index (Phi) is 40.9. The first kappa shape index (κ1) is 50.9. The van der Waals surface area contributed by atoms with Gasteiger partial charge in [-0.1, -0.05) is 186 Å². The fourth-order valence-corrected chi connectivity index (χ4v) is 6.45. The summed E-state index contributed by atoms with van der Waals surface area (Å²) in [7, 11) is 0. The monoisotopic (exact) mass is 747 g/mol. The Morgan fingerprint density at radius 2 is 0.642 bits per heavy atom. The lowest BCUT2D eigenvalue weighted by atomic mass is 10.0. The van der Waals surface area contributed by atoms with Crippen LogP contribution in [0.3, 0.4) is 0 Å². The van der Waals surface area contributed by atoms with Gasteiger partial charge in [-0.15, -0.1) is 0 Å². The summed E-state index contributed by atoms with van der Waals surface area (Å²) in [5.41, 5.74) is 0. The van der Waals surface area contributed by atoms with Crippen LogP contribution in [-0.4, -0.2) is 37.2 Å². The maximum absolute atomic E-state index is 12.6. The molecule has 0 aromatic carbocycles. The van der Waals surface area contributed by atoms with Gasteiger partial charge in [0.05, 0.1) is 0 Å². The zero-order chi connectivity index (χ0) is 38.7. The van der Waals surface area contributed by atoms with Gasteiger partial charge in [0, 0.05) is 19.3 Å². The fourth-order valence-electron chi connectivity index (χ4n) is 6.45. The molecular formula is C47H86O6. The number of hydrogen-bond donors (Lipinski definition) is 0. The van der Waals surface area contributed by atoms with E-state index in [9.17, 15) is 14.4 Å². The third kappa shape index (κ3) is 40.9. The minimum absolute atomic E-state index is 0.0881. The summed E-state index contributed by atoms with van der Waals surface area (Å²) in [6.07, 6.45) is 46.1. The molecule has 1 unspecified atom stereocenters. The van der Waals surface area contributed by atoms with Crippen LogP contribution in [0, 0.1) is 0 Å². The quantitative estimate of drug-likeness (QED) is 0.0268. The lowest BCUT2D eigenvalue weighted by molar-refractivity contribution is -0.167. The van der Waals surface area contributed by atoms with E-state index in [1.165, 1.54) is 141 Å². The smallest absolute Gasteiger partial charge is 0.306 e. The van der Waals surface area contributed by atoms with Gasteiger partial charge in [0.2, 0.25) is 0 Å². The van der Waals surface area contributed by atoms with Gasteiger partial charge in [0.15, 0.2) is 6.10 Å². The minimum atomic E-state index is -0.789. The summed E-state index contributed by atoms with van der Waals surface area (Å²) in [5, 5.41) is 0. The van der Waals surface area contributed by atoms with Crippen molar-refractivity contribution in [2.45, 2.75) is 245 Å². The third-order valence-electron chi connectivity index (χ3n) is 9.93. The molecule has 0 aromatic rings. The topological polar surface area (TPSA) is 78.9 Å². The van der Waals surface area contributed by atoms with Crippen LogP contribution in [0.2, 0.25) is 0 Å². The molecule has 0 fully saturated rings. The second-order valence-electron chi connectivity index (χ2n) is 15.3. The Morgan fingerprint density at radius 1 is 0.358 bits per heavy atom. The molecular weight excluding hydrogens is 661 g/mol. The maximum Gasteiger partial charge on any atom is 0.306 e. The first-order chi connectivity index (χ1) is 26.0. The van der Waals surface area contributed by atoms with Crippen molar-refractivity contribution in [3.8, 4) is 0 Å². The molecule has 0 heterocycles. The normalized spacial score (nSPS) is 12.1. The van der Waals surface area contributed by atoms with Gasteiger partial charge in [-0.05, 0) is 57.8 Å². The molecule has 0 amide bonds. The summed E-state index contributed by atoms with van der Waals surface area (Å²) in [6, 6.07) is 0. The number of carbonyl (C=O) groups excluding carboxylic acids is 3. The minimum Gasteiger partial charge on any atom is -0.462 e. The number of hydrogen-bond acceptors (Lipinski definition) is 6. The zero-order valence-electron chi connectivity index (χ0n) is 35.3. The van der Waals surface area contributed by atoms with Gasteiger partial charge < -0.3 is 14.2 Å². The van der Waals surface area contributed by atoms with Crippen LogP contribution in [0.15, 0.2) is 24.3 Å². The highest BCUT2D eigenvalue weighted by molar-refractivity contribution is 5.71. The van der Waals surface area contributed by atoms with Crippen molar-refractivity contribution in [1.82, 2.24) is 0 Å². The van der Waals surface area contributed by atoms with Crippen molar-refractivity contribution in [3.63, 3.8) is 0 Å². The second kappa shape index (κ2) is 42.6. The highest BCUT2D eigenvalue weighted by atomic mass is 16.6. The highest BCUT2D eigenvalue weighted by Crippen LogP contribution is 2.15. The third-order valence-corrected chi connectivity index (χ3v) is 9.93. The molecule has 0 aliphatic rings. The molecule has 6 heteroatoms. The van der Waals surface area contributed by atoms with Crippen LogP contribution >= 0.6 is 0 Å². The summed E-state index contributed by atoms with van der Waals surface area (Å²) < 4.78 is 16.6. The largest absolute Gasteiger partial charge is 0.462 e. The zero-order valence-corrected chi connectivity index (χ0v) is 35.3. The van der Waals surface area contributed by atoms with Gasteiger partial charge >= 0.3 is 17.9 Å². The number of unbranched alkanes of at least 4 members (excludes halogenated alkanes) is 26. The molecule has 0 N–H and O–H groups in total. The predicted molar refractivity (Wildman–Crippen MR) is 224 cm³/mol. The summed E-state index contributed by atoms with van der Waals surface area (Å²) in [5.74, 6) is -0.958. The van der Waals surface area contributed by atoms with Crippen molar-refractivity contribution < 1.29 is 28.6 Å². The summed E-state index contributed by atoms with van der Waals surface area (Å²) in [6.45, 7) is 6.52. The van der Waals surface area contributed by atoms with Crippen LogP contribution in [-0.2, 0) is 28.6 Å². The van der Waals surface area contributed by atoms with Crippen LogP contribution in [0.4, 0.5) is 0 Å². The summed E-state index contributed by atoms with van der Waals surface area (Å²) in [4.78, 5) is 37.5. The molecule has 0 spiro atoms. The van der Waals surface area contributed by atoms with E-state index in [-0.39, 0.29) is 37.5 Å². The number of carbonyl (C=O) groups is 3. The van der Waals surface area contributed by atoms with Crippen LogP contribution in [0.1, 0.15) is 239 Å². The Balaban J connectivity index is 4.28. The van der Waals surface area contributed by atoms with Crippen molar-refractivity contribution in [1.29, 1.82) is 0 Å². The molecule has 0 saturated heterocycles. The first-order valence-electron chi connectivity index (χ1n) is 22.8. The maximum atomic E-state index is 12.6. The highest BCUT2D eigenvalue weighted by Gasteiger charge is 2.19. The number of esters is 3. The van der Waals surface area contributed by atoms with Crippen LogP contribution in [0.5, 0.6) is 0 Å². The molecule has 0 rings (SSSR count). The van der Waals surface area contributed by atoms with E-state index in [0.29, 0.717) is 19.3 Å². The molecule has 1 atom stereocenters. The Hall–Kier alpha value is -2.11. The second-order valence-corrected chi connectivity index (χ2v) is 15.3. The first-order valence-corrected chi connectivity index (χ1v) is 22.8. The molecule has 0 saturated carbocycles. The van der Waals surface area contributed by atoms with E-state index in [1.54, 1.807) is 0 Å². The molecule has 0 aliphatic carbocycles. The van der Waals surface area contributed by atoms with Crippen LogP contribution < -0.4 is 0 Å². The van der Waals surface area contributed by atoms with Gasteiger partial charge in [-0.2, -0.15) is 0 Å². The SMILES string of the molecule is CCCCCC/C=C\CCCC(=O)OCC(COC(=O)CCCCCCCCCCCCCCCCCCC)OC(=O)CCC/C=C\CCCCCC.